The number of hydrogen-bond donors (Lipinski definition) is 0. The third-order valence-electron chi connectivity index (χ3n) is 5.69. The Morgan fingerprint density at radius 3 is 1.59 bits per heavy atom. The molecular weight excluding hydrogens is 203 g/mol. The van der Waals surface area contributed by atoms with Gasteiger partial charge in [-0.3, -0.25) is 0 Å². The zero-order chi connectivity index (χ0) is 12.1. The maximum Gasteiger partial charge on any atom is 0.149 e. The lowest BCUT2D eigenvalue weighted by atomic mass is 9.25. The lowest BCUT2D eigenvalue weighted by molar-refractivity contribution is 0.454. The van der Waals surface area contributed by atoms with Crippen LogP contribution in [0.25, 0.3) is 0 Å². The van der Waals surface area contributed by atoms with Crippen molar-refractivity contribution in [3.8, 4) is 0 Å². The van der Waals surface area contributed by atoms with Crippen molar-refractivity contribution in [2.45, 2.75) is 102 Å². The first kappa shape index (κ1) is 13.5. The van der Waals surface area contributed by atoms with Crippen LogP contribution in [0.2, 0.25) is 17.5 Å². The molecule has 0 aromatic heterocycles. The molecule has 1 atom stereocenters. The topological polar surface area (TPSA) is 0 Å². The van der Waals surface area contributed by atoms with E-state index >= 15 is 0 Å². The van der Waals surface area contributed by atoms with Gasteiger partial charge in [-0.1, -0.05) is 102 Å². The summed E-state index contributed by atoms with van der Waals surface area (Å²) < 4.78 is 0. The smallest absolute Gasteiger partial charge is 0.0691 e. The molecule has 0 aromatic carbocycles. The summed E-state index contributed by atoms with van der Waals surface area (Å²) in [6.07, 6.45) is 16.7. The van der Waals surface area contributed by atoms with Gasteiger partial charge in [0.25, 0.3) is 0 Å². The van der Waals surface area contributed by atoms with Crippen LogP contribution in [0.15, 0.2) is 0 Å². The van der Waals surface area contributed by atoms with Gasteiger partial charge in [0.05, 0.1) is 0 Å². The average Bonchev–Trinajstić information content (AvgIpc) is 2.41. The molecule has 2 aliphatic carbocycles. The van der Waals surface area contributed by atoms with E-state index in [2.05, 4.69) is 13.8 Å². The van der Waals surface area contributed by atoms with Gasteiger partial charge in [0, 0.05) is 0 Å². The van der Waals surface area contributed by atoms with Crippen molar-refractivity contribution < 1.29 is 0 Å². The molecule has 0 nitrogen and oxygen atoms in total. The molecule has 0 aromatic rings. The highest BCUT2D eigenvalue weighted by atomic mass is 14.2. The van der Waals surface area contributed by atoms with E-state index in [-0.39, 0.29) is 0 Å². The molecule has 0 N–H and O–H groups in total. The van der Waals surface area contributed by atoms with Crippen LogP contribution in [0.1, 0.15) is 84.5 Å². The standard InChI is InChI=1S/C16H31B/c1-3-14(2)17(15-10-6-4-7-11-15)16-12-8-5-9-13-16/h14-16H,3-13H2,1-2H3. The minimum atomic E-state index is 0.973. The van der Waals surface area contributed by atoms with E-state index in [9.17, 15) is 0 Å². The van der Waals surface area contributed by atoms with Crippen LogP contribution in [0.4, 0.5) is 0 Å². The molecule has 0 radical (unpaired) electrons. The van der Waals surface area contributed by atoms with Crippen molar-refractivity contribution in [1.29, 1.82) is 0 Å². The molecule has 17 heavy (non-hydrogen) atoms. The third kappa shape index (κ3) is 3.52. The highest BCUT2D eigenvalue weighted by molar-refractivity contribution is 6.63. The summed E-state index contributed by atoms with van der Waals surface area (Å²) >= 11 is 0. The maximum atomic E-state index is 2.54. The molecule has 98 valence electrons. The molecule has 2 aliphatic rings. The van der Waals surface area contributed by atoms with Gasteiger partial charge in [-0.2, -0.15) is 0 Å². The zero-order valence-corrected chi connectivity index (χ0v) is 12.1. The second-order valence-corrected chi connectivity index (χ2v) is 6.76. The normalized spacial score (nSPS) is 25.8. The summed E-state index contributed by atoms with van der Waals surface area (Å²) in [6, 6.07) is 0. The van der Waals surface area contributed by atoms with Gasteiger partial charge >= 0.3 is 0 Å². The Kier molecular flexibility index (Phi) is 5.44. The monoisotopic (exact) mass is 234 g/mol. The Hall–Kier alpha value is 0.0649. The molecule has 0 heterocycles. The molecule has 2 saturated carbocycles. The molecule has 0 spiro atoms. The molecule has 2 fully saturated rings. The number of hydrogen-bond acceptors (Lipinski definition) is 0. The van der Waals surface area contributed by atoms with Gasteiger partial charge in [-0.05, 0) is 0 Å². The largest absolute Gasteiger partial charge is 0.149 e. The molecule has 0 saturated heterocycles. The van der Waals surface area contributed by atoms with Crippen molar-refractivity contribution in [2.75, 3.05) is 0 Å². The van der Waals surface area contributed by atoms with Crippen molar-refractivity contribution in [3.63, 3.8) is 0 Å². The maximum absolute atomic E-state index is 2.54. The summed E-state index contributed by atoms with van der Waals surface area (Å²) in [5, 5.41) is 0. The van der Waals surface area contributed by atoms with E-state index in [4.69, 9.17) is 0 Å². The van der Waals surface area contributed by atoms with E-state index < -0.39 is 0 Å². The molecule has 0 bridgehead atoms. The van der Waals surface area contributed by atoms with Gasteiger partial charge < -0.3 is 0 Å². The lowest BCUT2D eigenvalue weighted by Gasteiger charge is -2.38. The summed E-state index contributed by atoms with van der Waals surface area (Å²) in [5.41, 5.74) is 0. The molecule has 2 rings (SSSR count). The van der Waals surface area contributed by atoms with Crippen molar-refractivity contribution in [1.82, 2.24) is 0 Å². The van der Waals surface area contributed by atoms with E-state index in [1.165, 1.54) is 44.9 Å². The van der Waals surface area contributed by atoms with Crippen molar-refractivity contribution in [3.05, 3.63) is 0 Å². The highest BCUT2D eigenvalue weighted by Crippen LogP contribution is 2.46. The summed E-state index contributed by atoms with van der Waals surface area (Å²) in [5.74, 6) is 3.14. The van der Waals surface area contributed by atoms with E-state index in [1.807, 2.05) is 0 Å². The number of rotatable bonds is 4. The van der Waals surface area contributed by atoms with Crippen LogP contribution < -0.4 is 0 Å². The van der Waals surface area contributed by atoms with Crippen molar-refractivity contribution in [2.24, 2.45) is 0 Å². The second-order valence-electron chi connectivity index (χ2n) is 6.76. The van der Waals surface area contributed by atoms with E-state index in [1.54, 1.807) is 25.7 Å². The van der Waals surface area contributed by atoms with Gasteiger partial charge in [-0.15, -0.1) is 0 Å². The fourth-order valence-corrected chi connectivity index (χ4v) is 4.62. The van der Waals surface area contributed by atoms with Gasteiger partial charge in [0.1, 0.15) is 6.71 Å². The molecule has 0 aliphatic heterocycles. The first-order valence-corrected chi connectivity index (χ1v) is 8.33. The van der Waals surface area contributed by atoms with Crippen LogP contribution in [-0.4, -0.2) is 6.71 Å². The van der Waals surface area contributed by atoms with Gasteiger partial charge in [0.2, 0.25) is 0 Å². The minimum Gasteiger partial charge on any atom is -0.0691 e. The summed E-state index contributed by atoms with van der Waals surface area (Å²) in [6.45, 7) is 6.01. The quantitative estimate of drug-likeness (QED) is 0.527. The van der Waals surface area contributed by atoms with Crippen molar-refractivity contribution >= 4 is 6.71 Å². The summed E-state index contributed by atoms with van der Waals surface area (Å²) in [4.78, 5) is 0. The first-order valence-electron chi connectivity index (χ1n) is 8.33. The lowest BCUT2D eigenvalue weighted by Crippen LogP contribution is -2.33. The Labute approximate surface area is 109 Å². The molecule has 0 amide bonds. The first-order chi connectivity index (χ1) is 8.33. The highest BCUT2D eigenvalue weighted by Gasteiger charge is 2.37. The van der Waals surface area contributed by atoms with Crippen LogP contribution in [0, 0.1) is 0 Å². The Balaban J connectivity index is 2.00. The predicted molar refractivity (Wildman–Crippen MR) is 79.1 cm³/mol. The Morgan fingerprint density at radius 1 is 0.824 bits per heavy atom. The average molecular weight is 234 g/mol. The minimum absolute atomic E-state index is 0.973. The molecular formula is C16H31B. The zero-order valence-electron chi connectivity index (χ0n) is 12.1. The Morgan fingerprint density at radius 2 is 1.24 bits per heavy atom. The predicted octanol–water partition coefficient (Wildman–Crippen LogP) is 5.95. The fraction of sp³-hybridized carbons (Fsp3) is 1.00. The SMILES string of the molecule is CCC(C)B(C1CCCCC1)C1CCCCC1. The Bertz CT molecular complexity index is 184. The van der Waals surface area contributed by atoms with E-state index in [0.717, 1.165) is 24.2 Å². The van der Waals surface area contributed by atoms with Gasteiger partial charge in [0.15, 0.2) is 0 Å². The van der Waals surface area contributed by atoms with Gasteiger partial charge in [-0.25, -0.2) is 0 Å². The van der Waals surface area contributed by atoms with Crippen LogP contribution in [0.3, 0.4) is 0 Å². The fourth-order valence-electron chi connectivity index (χ4n) is 4.62. The molecule has 1 unspecified atom stereocenters. The second kappa shape index (κ2) is 6.85. The molecule has 1 heteroatoms. The third-order valence-corrected chi connectivity index (χ3v) is 5.69. The van der Waals surface area contributed by atoms with E-state index in [0.29, 0.717) is 0 Å². The van der Waals surface area contributed by atoms with Crippen LogP contribution in [0.5, 0.6) is 0 Å². The van der Waals surface area contributed by atoms with Crippen LogP contribution >= 0.6 is 0 Å². The van der Waals surface area contributed by atoms with Crippen LogP contribution in [-0.2, 0) is 0 Å². The summed E-state index contributed by atoms with van der Waals surface area (Å²) in [7, 11) is 0.